The lowest BCUT2D eigenvalue weighted by Crippen LogP contribution is -2.19. The van der Waals surface area contributed by atoms with Crippen LogP contribution in [0.5, 0.6) is 0 Å². The van der Waals surface area contributed by atoms with Crippen molar-refractivity contribution in [2.45, 2.75) is 18.8 Å². The maximum atomic E-state index is 11.3. The van der Waals surface area contributed by atoms with Gasteiger partial charge in [-0.15, -0.1) is 0 Å². The van der Waals surface area contributed by atoms with E-state index in [2.05, 4.69) is 21.4 Å². The van der Waals surface area contributed by atoms with E-state index in [0.29, 0.717) is 18.5 Å². The van der Waals surface area contributed by atoms with Crippen molar-refractivity contribution in [2.24, 2.45) is 0 Å². The highest BCUT2D eigenvalue weighted by Gasteiger charge is 2.19. The molecule has 98 valence electrons. The minimum Gasteiger partial charge on any atom is -0.326 e. The zero-order chi connectivity index (χ0) is 13.9. The van der Waals surface area contributed by atoms with Gasteiger partial charge in [0.1, 0.15) is 12.2 Å². The minimum absolute atomic E-state index is 0.0397. The number of aromatic nitrogens is 2. The zero-order valence-electron chi connectivity index (χ0n) is 10.7. The molecule has 1 aliphatic heterocycles. The molecule has 1 aromatic heterocycles. The van der Waals surface area contributed by atoms with Crippen LogP contribution in [0.15, 0.2) is 36.8 Å². The normalized spacial score (nSPS) is 14.8. The molecule has 1 aromatic carbocycles. The number of carbonyl (C=O) groups excluding carboxylic acids is 1. The smallest absolute Gasteiger partial charge is 0.224 e. The largest absolute Gasteiger partial charge is 0.326 e. The van der Waals surface area contributed by atoms with E-state index in [4.69, 9.17) is 0 Å². The molecule has 5 heteroatoms. The summed E-state index contributed by atoms with van der Waals surface area (Å²) in [5, 5.41) is 12.2. The molecular weight excluding hydrogens is 252 g/mol. The molecule has 0 aliphatic carbocycles. The molecule has 0 bridgehead atoms. The molecule has 0 radical (unpaired) electrons. The van der Waals surface area contributed by atoms with Gasteiger partial charge in [-0.2, -0.15) is 5.26 Å². The van der Waals surface area contributed by atoms with Crippen molar-refractivity contribution in [1.82, 2.24) is 9.97 Å². The van der Waals surface area contributed by atoms with E-state index >= 15 is 0 Å². The van der Waals surface area contributed by atoms with E-state index in [1.54, 1.807) is 12.3 Å². The summed E-state index contributed by atoms with van der Waals surface area (Å²) in [7, 11) is 0. The van der Waals surface area contributed by atoms with Gasteiger partial charge in [-0.1, -0.05) is 12.1 Å². The molecule has 2 heterocycles. The van der Waals surface area contributed by atoms with E-state index < -0.39 is 5.92 Å². The first-order chi connectivity index (χ1) is 9.78. The van der Waals surface area contributed by atoms with Crippen molar-refractivity contribution in [3.63, 3.8) is 0 Å². The first-order valence-corrected chi connectivity index (χ1v) is 6.36. The van der Waals surface area contributed by atoms with Crippen LogP contribution in [0, 0.1) is 11.3 Å². The van der Waals surface area contributed by atoms with Crippen LogP contribution in [-0.4, -0.2) is 15.9 Å². The molecule has 0 fully saturated rings. The lowest BCUT2D eigenvalue weighted by Gasteiger charge is -2.18. The van der Waals surface area contributed by atoms with Gasteiger partial charge in [0.05, 0.1) is 11.8 Å². The average Bonchev–Trinajstić information content (AvgIpc) is 2.49. The van der Waals surface area contributed by atoms with Crippen molar-refractivity contribution in [3.05, 3.63) is 53.6 Å². The Morgan fingerprint density at radius 1 is 1.30 bits per heavy atom. The van der Waals surface area contributed by atoms with E-state index in [9.17, 15) is 10.1 Å². The van der Waals surface area contributed by atoms with Crippen LogP contribution >= 0.6 is 0 Å². The number of carbonyl (C=O) groups is 1. The molecule has 1 atom stereocenters. The van der Waals surface area contributed by atoms with Crippen LogP contribution in [0.1, 0.15) is 29.2 Å². The highest BCUT2D eigenvalue weighted by Crippen LogP contribution is 2.29. The molecule has 3 rings (SSSR count). The number of hydrogen-bond donors (Lipinski definition) is 1. The van der Waals surface area contributed by atoms with Crippen LogP contribution in [-0.2, 0) is 11.2 Å². The minimum atomic E-state index is -0.416. The number of hydrogen-bond acceptors (Lipinski definition) is 4. The summed E-state index contributed by atoms with van der Waals surface area (Å²) in [6, 6.07) is 9.71. The number of nitriles is 1. The van der Waals surface area contributed by atoms with Gasteiger partial charge in [0.2, 0.25) is 5.91 Å². The fraction of sp³-hybridized carbons (Fsp3) is 0.200. The number of aryl methyl sites for hydroxylation is 1. The second-order valence-electron chi connectivity index (χ2n) is 4.66. The van der Waals surface area contributed by atoms with Gasteiger partial charge < -0.3 is 5.32 Å². The SMILES string of the molecule is N#CC(c1ccc2c(c1)CCC(=O)N2)c1ccncn1. The first-order valence-electron chi connectivity index (χ1n) is 6.36. The number of amides is 1. The Kier molecular flexibility index (Phi) is 3.13. The Bertz CT molecular complexity index is 691. The number of fused-ring (bicyclic) bond motifs is 1. The summed E-state index contributed by atoms with van der Waals surface area (Å²) in [4.78, 5) is 19.4. The Morgan fingerprint density at radius 2 is 2.20 bits per heavy atom. The van der Waals surface area contributed by atoms with Crippen LogP contribution in [0.25, 0.3) is 0 Å². The lowest BCUT2D eigenvalue weighted by atomic mass is 9.92. The Labute approximate surface area is 116 Å². The van der Waals surface area contributed by atoms with E-state index in [0.717, 1.165) is 16.8 Å². The third kappa shape index (κ3) is 2.24. The maximum absolute atomic E-state index is 11.3. The summed E-state index contributed by atoms with van der Waals surface area (Å²) in [5.41, 5.74) is 3.48. The molecular formula is C15H12N4O. The van der Waals surface area contributed by atoms with Crippen molar-refractivity contribution in [3.8, 4) is 6.07 Å². The zero-order valence-corrected chi connectivity index (χ0v) is 10.7. The predicted octanol–water partition coefficient (Wildman–Crippen LogP) is 2.02. The molecule has 0 spiro atoms. The van der Waals surface area contributed by atoms with Crippen LogP contribution in [0.2, 0.25) is 0 Å². The summed E-state index contributed by atoms with van der Waals surface area (Å²) >= 11 is 0. The summed E-state index contributed by atoms with van der Waals surface area (Å²) in [6.07, 6.45) is 4.27. The number of nitrogens with zero attached hydrogens (tertiary/aromatic N) is 3. The van der Waals surface area contributed by atoms with Gasteiger partial charge in [0.15, 0.2) is 0 Å². The standard InChI is InChI=1S/C15H12N4O/c16-8-12(14-5-6-17-9-18-14)10-1-3-13-11(7-10)2-4-15(20)19-13/h1,3,5-7,9,12H,2,4H2,(H,19,20). The summed E-state index contributed by atoms with van der Waals surface area (Å²) in [5.74, 6) is -0.376. The Morgan fingerprint density at radius 3 is 2.95 bits per heavy atom. The molecule has 0 saturated carbocycles. The van der Waals surface area contributed by atoms with Crippen molar-refractivity contribution < 1.29 is 4.79 Å². The molecule has 2 aromatic rings. The van der Waals surface area contributed by atoms with Gasteiger partial charge in [0.25, 0.3) is 0 Å². The monoisotopic (exact) mass is 264 g/mol. The Hall–Kier alpha value is -2.74. The second-order valence-corrected chi connectivity index (χ2v) is 4.66. The quantitative estimate of drug-likeness (QED) is 0.900. The molecule has 5 nitrogen and oxygen atoms in total. The number of anilines is 1. The average molecular weight is 264 g/mol. The summed E-state index contributed by atoms with van der Waals surface area (Å²) < 4.78 is 0. The van der Waals surface area contributed by atoms with Crippen molar-refractivity contribution in [2.75, 3.05) is 5.32 Å². The van der Waals surface area contributed by atoms with Gasteiger partial charge in [-0.05, 0) is 29.7 Å². The number of nitrogens with one attached hydrogen (secondary N) is 1. The molecule has 1 aliphatic rings. The number of rotatable bonds is 2. The molecule has 1 unspecified atom stereocenters. The molecule has 20 heavy (non-hydrogen) atoms. The van der Waals surface area contributed by atoms with Crippen LogP contribution < -0.4 is 5.32 Å². The molecule has 0 saturated heterocycles. The van der Waals surface area contributed by atoms with Crippen LogP contribution in [0.3, 0.4) is 0 Å². The fourth-order valence-corrected chi connectivity index (χ4v) is 2.37. The third-order valence-corrected chi connectivity index (χ3v) is 3.39. The predicted molar refractivity (Wildman–Crippen MR) is 72.9 cm³/mol. The van der Waals surface area contributed by atoms with Crippen molar-refractivity contribution >= 4 is 11.6 Å². The third-order valence-electron chi connectivity index (χ3n) is 3.39. The van der Waals surface area contributed by atoms with Crippen molar-refractivity contribution in [1.29, 1.82) is 5.26 Å². The lowest BCUT2D eigenvalue weighted by molar-refractivity contribution is -0.116. The number of benzene rings is 1. The van der Waals surface area contributed by atoms with Gasteiger partial charge >= 0.3 is 0 Å². The highest BCUT2D eigenvalue weighted by molar-refractivity contribution is 5.93. The Balaban J connectivity index is 1.98. The first kappa shape index (κ1) is 12.3. The van der Waals surface area contributed by atoms with Gasteiger partial charge in [-0.3, -0.25) is 4.79 Å². The van der Waals surface area contributed by atoms with E-state index in [1.807, 2.05) is 18.2 Å². The second kappa shape index (κ2) is 5.10. The van der Waals surface area contributed by atoms with Gasteiger partial charge in [0, 0.05) is 18.3 Å². The van der Waals surface area contributed by atoms with E-state index in [1.165, 1.54) is 6.33 Å². The molecule has 1 N–H and O–H groups in total. The highest BCUT2D eigenvalue weighted by atomic mass is 16.1. The fourth-order valence-electron chi connectivity index (χ4n) is 2.37. The summed E-state index contributed by atoms with van der Waals surface area (Å²) in [6.45, 7) is 0. The van der Waals surface area contributed by atoms with E-state index in [-0.39, 0.29) is 5.91 Å². The van der Waals surface area contributed by atoms with Gasteiger partial charge in [-0.25, -0.2) is 9.97 Å². The molecule has 1 amide bonds. The maximum Gasteiger partial charge on any atom is 0.224 e. The topological polar surface area (TPSA) is 78.7 Å². The van der Waals surface area contributed by atoms with Crippen LogP contribution in [0.4, 0.5) is 5.69 Å².